The third-order valence-electron chi connectivity index (χ3n) is 4.89. The maximum absolute atomic E-state index is 12.8. The minimum Gasteiger partial charge on any atom is -0.481 e. The summed E-state index contributed by atoms with van der Waals surface area (Å²) in [5, 5.41) is 23.1. The summed E-state index contributed by atoms with van der Waals surface area (Å²) in [5.41, 5.74) is 2.17. The fourth-order valence-corrected chi connectivity index (χ4v) is 3.96. The zero-order chi connectivity index (χ0) is 18.3. The molecule has 0 saturated heterocycles. The normalized spacial score (nSPS) is 26.6. The number of hydrogen-bond donors (Lipinski definition) is 2. The molecule has 4 atom stereocenters. The number of nitro groups is 1. The number of carboxylic acids is 1. The summed E-state index contributed by atoms with van der Waals surface area (Å²) in [6, 6.07) is 5.62. The molecule has 130 valence electrons. The number of non-ortho nitro benzene ring substituents is 1. The van der Waals surface area contributed by atoms with Crippen LogP contribution in [0.1, 0.15) is 13.8 Å². The van der Waals surface area contributed by atoms with Crippen molar-refractivity contribution in [1.29, 1.82) is 0 Å². The number of carbonyl (C=O) groups excluding carboxylic acids is 1. The molecule has 0 spiro atoms. The highest BCUT2D eigenvalue weighted by molar-refractivity contribution is 5.97. The van der Waals surface area contributed by atoms with Crippen molar-refractivity contribution in [2.45, 2.75) is 13.8 Å². The quantitative estimate of drug-likeness (QED) is 0.496. The molecule has 0 heterocycles. The second-order valence-electron chi connectivity index (χ2n) is 6.58. The zero-order valence-corrected chi connectivity index (χ0v) is 13.8. The minimum absolute atomic E-state index is 0.134. The number of nitro benzene ring substituents is 1. The molecule has 2 N–H and O–H groups in total. The molecular weight excluding hydrogens is 324 g/mol. The second-order valence-corrected chi connectivity index (χ2v) is 6.58. The Kier molecular flexibility index (Phi) is 4.16. The van der Waals surface area contributed by atoms with Gasteiger partial charge < -0.3 is 10.4 Å². The molecule has 7 heteroatoms. The number of nitrogens with zero attached hydrogens (tertiary/aromatic N) is 1. The van der Waals surface area contributed by atoms with Crippen molar-refractivity contribution >= 4 is 23.3 Å². The predicted octanol–water partition coefficient (Wildman–Crippen LogP) is 3.00. The summed E-state index contributed by atoms with van der Waals surface area (Å²) in [5.74, 6) is -3.49. The fourth-order valence-electron chi connectivity index (χ4n) is 3.96. The minimum atomic E-state index is -1.00. The first-order valence-electron chi connectivity index (χ1n) is 7.95. The molecule has 25 heavy (non-hydrogen) atoms. The molecule has 2 aliphatic carbocycles. The number of hydrogen-bond acceptors (Lipinski definition) is 4. The second kappa shape index (κ2) is 6.16. The average molecular weight is 342 g/mol. The third-order valence-corrected chi connectivity index (χ3v) is 4.89. The van der Waals surface area contributed by atoms with Gasteiger partial charge in [0.25, 0.3) is 5.69 Å². The number of rotatable bonds is 4. The smallest absolute Gasteiger partial charge is 0.308 e. The topological polar surface area (TPSA) is 110 Å². The van der Waals surface area contributed by atoms with Crippen LogP contribution < -0.4 is 5.32 Å². The van der Waals surface area contributed by atoms with Crippen LogP contribution in [0.3, 0.4) is 0 Å². The molecule has 1 aromatic rings. The van der Waals surface area contributed by atoms with Gasteiger partial charge in [0.15, 0.2) is 0 Å². The maximum Gasteiger partial charge on any atom is 0.308 e. The number of aliphatic carboxylic acids is 1. The Labute approximate surface area is 144 Å². The molecule has 2 bridgehead atoms. The molecule has 1 saturated carbocycles. The summed E-state index contributed by atoms with van der Waals surface area (Å²) in [6.45, 7) is 3.84. The first-order valence-corrected chi connectivity index (χ1v) is 7.95. The van der Waals surface area contributed by atoms with E-state index in [0.717, 1.165) is 11.1 Å². The highest BCUT2D eigenvalue weighted by Crippen LogP contribution is 2.53. The predicted molar refractivity (Wildman–Crippen MR) is 90.8 cm³/mol. The molecule has 0 radical (unpaired) electrons. The van der Waals surface area contributed by atoms with Crippen LogP contribution in [0, 0.1) is 33.8 Å². The van der Waals surface area contributed by atoms with Crippen LogP contribution in [0.4, 0.5) is 11.4 Å². The highest BCUT2D eigenvalue weighted by atomic mass is 16.6. The van der Waals surface area contributed by atoms with E-state index in [4.69, 9.17) is 0 Å². The highest BCUT2D eigenvalue weighted by Gasteiger charge is 2.54. The van der Waals surface area contributed by atoms with Crippen LogP contribution in [0.2, 0.25) is 0 Å². The van der Waals surface area contributed by atoms with E-state index in [-0.39, 0.29) is 23.2 Å². The third kappa shape index (κ3) is 2.82. The molecule has 1 aromatic carbocycles. The molecule has 1 amide bonds. The SMILES string of the molecule is CC(C)=C1[C@H]2C=C[C@@H]1[C@@H](C(=O)Nc1cccc([N+](=O)[O-])c1)[C@H]2C(=O)O. The fraction of sp³-hybridized carbons (Fsp3) is 0.333. The van der Waals surface area contributed by atoms with Crippen molar-refractivity contribution in [3.63, 3.8) is 0 Å². The average Bonchev–Trinajstić information content (AvgIpc) is 3.11. The summed E-state index contributed by atoms with van der Waals surface area (Å²) in [6.07, 6.45) is 3.76. The van der Waals surface area contributed by atoms with Gasteiger partial charge in [0.2, 0.25) is 5.91 Å². The Balaban J connectivity index is 1.90. The summed E-state index contributed by atoms with van der Waals surface area (Å²) >= 11 is 0. The van der Waals surface area contributed by atoms with Gasteiger partial charge in [-0.05, 0) is 19.9 Å². The molecule has 0 unspecified atom stereocenters. The summed E-state index contributed by atoms with van der Waals surface area (Å²) < 4.78 is 0. The lowest BCUT2D eigenvalue weighted by atomic mass is 9.82. The molecule has 0 aliphatic heterocycles. The van der Waals surface area contributed by atoms with Crippen molar-refractivity contribution in [3.05, 3.63) is 57.7 Å². The van der Waals surface area contributed by atoms with Gasteiger partial charge in [-0.25, -0.2) is 0 Å². The van der Waals surface area contributed by atoms with Crippen LogP contribution in [0.5, 0.6) is 0 Å². The lowest BCUT2D eigenvalue weighted by Crippen LogP contribution is -2.36. The van der Waals surface area contributed by atoms with Gasteiger partial charge >= 0.3 is 5.97 Å². The van der Waals surface area contributed by atoms with Gasteiger partial charge in [-0.2, -0.15) is 0 Å². The Bertz CT molecular complexity index is 823. The first kappa shape index (κ1) is 16.9. The van der Waals surface area contributed by atoms with E-state index in [1.165, 1.54) is 18.2 Å². The number of carbonyl (C=O) groups is 2. The van der Waals surface area contributed by atoms with Gasteiger partial charge in [-0.3, -0.25) is 19.7 Å². The van der Waals surface area contributed by atoms with Crippen LogP contribution in [0.15, 0.2) is 47.6 Å². The van der Waals surface area contributed by atoms with E-state index in [9.17, 15) is 24.8 Å². The van der Waals surface area contributed by atoms with E-state index in [0.29, 0.717) is 0 Å². The summed E-state index contributed by atoms with van der Waals surface area (Å²) in [7, 11) is 0. The molecule has 3 rings (SSSR count). The van der Waals surface area contributed by atoms with Crippen molar-refractivity contribution in [2.24, 2.45) is 23.7 Å². The van der Waals surface area contributed by atoms with Gasteiger partial charge in [0.1, 0.15) is 0 Å². The monoisotopic (exact) mass is 342 g/mol. The lowest BCUT2D eigenvalue weighted by molar-refractivity contribution is -0.384. The molecule has 2 aliphatic rings. The summed E-state index contributed by atoms with van der Waals surface area (Å²) in [4.78, 5) is 34.8. The number of allylic oxidation sites excluding steroid dienone is 4. The van der Waals surface area contributed by atoms with Crippen molar-refractivity contribution in [3.8, 4) is 0 Å². The number of fused-ring (bicyclic) bond motifs is 2. The molecule has 7 nitrogen and oxygen atoms in total. The number of amides is 1. The van der Waals surface area contributed by atoms with Gasteiger partial charge in [-0.15, -0.1) is 0 Å². The van der Waals surface area contributed by atoms with Crippen LogP contribution in [-0.4, -0.2) is 21.9 Å². The largest absolute Gasteiger partial charge is 0.481 e. The Hall–Kier alpha value is -2.96. The van der Waals surface area contributed by atoms with Crippen LogP contribution in [-0.2, 0) is 9.59 Å². The zero-order valence-electron chi connectivity index (χ0n) is 13.8. The van der Waals surface area contributed by atoms with Crippen LogP contribution in [0.25, 0.3) is 0 Å². The van der Waals surface area contributed by atoms with Gasteiger partial charge in [0, 0.05) is 29.7 Å². The Morgan fingerprint density at radius 1 is 1.16 bits per heavy atom. The van der Waals surface area contributed by atoms with Crippen molar-refractivity contribution in [2.75, 3.05) is 5.32 Å². The maximum atomic E-state index is 12.8. The molecular formula is C18H18N2O5. The number of anilines is 1. The number of carboxylic acid groups (broad SMARTS) is 1. The van der Waals surface area contributed by atoms with Gasteiger partial charge in [-0.1, -0.05) is 29.4 Å². The lowest BCUT2D eigenvalue weighted by Gasteiger charge is -2.23. The van der Waals surface area contributed by atoms with E-state index < -0.39 is 28.6 Å². The van der Waals surface area contributed by atoms with E-state index in [1.807, 2.05) is 26.0 Å². The number of benzene rings is 1. The standard InChI is InChI=1S/C18H18N2O5/c1-9(2)14-12-6-7-13(14)16(18(22)23)15(12)17(21)19-10-4-3-5-11(8-10)20(24)25/h3-8,12-13,15-16H,1-2H3,(H,19,21)(H,22,23)/t12-,13+,15+,16-/m0/s1. The molecule has 0 aromatic heterocycles. The van der Waals surface area contributed by atoms with Crippen molar-refractivity contribution < 1.29 is 19.6 Å². The molecule has 1 fully saturated rings. The van der Waals surface area contributed by atoms with E-state index >= 15 is 0 Å². The van der Waals surface area contributed by atoms with Crippen LogP contribution >= 0.6 is 0 Å². The van der Waals surface area contributed by atoms with Crippen molar-refractivity contribution in [1.82, 2.24) is 0 Å². The Morgan fingerprint density at radius 2 is 1.80 bits per heavy atom. The van der Waals surface area contributed by atoms with E-state index in [2.05, 4.69) is 5.32 Å². The number of nitrogens with one attached hydrogen (secondary N) is 1. The van der Waals surface area contributed by atoms with Gasteiger partial charge in [0.05, 0.1) is 16.8 Å². The first-order chi connectivity index (χ1) is 11.8. The van der Waals surface area contributed by atoms with E-state index in [1.54, 1.807) is 6.07 Å². The Morgan fingerprint density at radius 3 is 2.36 bits per heavy atom.